The lowest BCUT2D eigenvalue weighted by molar-refractivity contribution is 0.0947. The highest BCUT2D eigenvalue weighted by atomic mass is 32.2. The highest BCUT2D eigenvalue weighted by Crippen LogP contribution is 2.26. The first-order valence-corrected chi connectivity index (χ1v) is 8.22. The van der Waals surface area contributed by atoms with Crippen LogP contribution < -0.4 is 5.32 Å². The Balaban J connectivity index is 2.04. The van der Waals surface area contributed by atoms with E-state index in [0.717, 1.165) is 12.0 Å². The number of thioether (sulfide) groups is 1. The van der Waals surface area contributed by atoms with E-state index in [4.69, 9.17) is 0 Å². The summed E-state index contributed by atoms with van der Waals surface area (Å²) in [5, 5.41) is 2.87. The summed E-state index contributed by atoms with van der Waals surface area (Å²) in [6.45, 7) is 2.50. The van der Waals surface area contributed by atoms with Crippen LogP contribution >= 0.6 is 11.8 Å². The van der Waals surface area contributed by atoms with E-state index in [-0.39, 0.29) is 34.2 Å². The zero-order chi connectivity index (χ0) is 16.7. The molecule has 1 aromatic heterocycles. The summed E-state index contributed by atoms with van der Waals surface area (Å²) in [5.74, 6) is -2.80. The lowest BCUT2D eigenvalue weighted by atomic mass is 9.96. The molecule has 0 aliphatic rings. The van der Waals surface area contributed by atoms with E-state index in [2.05, 4.69) is 10.3 Å². The molecule has 122 valence electrons. The largest absolute Gasteiger partial charge is 0.351 e. The molecule has 1 unspecified atom stereocenters. The molecule has 6 heteroatoms. The van der Waals surface area contributed by atoms with Gasteiger partial charge in [-0.15, -0.1) is 0 Å². The molecule has 0 radical (unpaired) electrons. The van der Waals surface area contributed by atoms with E-state index in [1.54, 1.807) is 6.07 Å². The molecular weight excluding hydrogens is 318 g/mol. The van der Waals surface area contributed by atoms with Crippen molar-refractivity contribution in [1.82, 2.24) is 10.3 Å². The van der Waals surface area contributed by atoms with Crippen molar-refractivity contribution in [2.24, 2.45) is 0 Å². The van der Waals surface area contributed by atoms with Crippen LogP contribution in [-0.2, 0) is 0 Å². The van der Waals surface area contributed by atoms with E-state index in [1.165, 1.54) is 12.3 Å². The number of nitrogens with one attached hydrogen (secondary N) is 1. The molecule has 0 saturated carbocycles. The number of aromatic nitrogens is 1. The molecule has 1 amide bonds. The third-order valence-electron chi connectivity index (χ3n) is 3.49. The van der Waals surface area contributed by atoms with E-state index >= 15 is 0 Å². The highest BCUT2D eigenvalue weighted by Gasteiger charge is 2.18. The molecule has 0 fully saturated rings. The van der Waals surface area contributed by atoms with E-state index in [9.17, 15) is 13.6 Å². The van der Waals surface area contributed by atoms with Crippen LogP contribution in [0.1, 0.15) is 35.2 Å². The topological polar surface area (TPSA) is 42.0 Å². The monoisotopic (exact) mass is 336 g/mol. The van der Waals surface area contributed by atoms with Crippen LogP contribution in [-0.4, -0.2) is 23.2 Å². The van der Waals surface area contributed by atoms with Crippen molar-refractivity contribution >= 4 is 17.7 Å². The molecule has 0 aliphatic carbocycles. The van der Waals surface area contributed by atoms with Gasteiger partial charge in [0.05, 0.1) is 5.56 Å². The number of hydrogen-bond donors (Lipinski definition) is 1. The van der Waals surface area contributed by atoms with Gasteiger partial charge in [-0.1, -0.05) is 37.3 Å². The third-order valence-corrected chi connectivity index (χ3v) is 4.22. The molecule has 2 aromatic rings. The Morgan fingerprint density at radius 3 is 2.61 bits per heavy atom. The standard InChI is InChI=1S/C17H18F2N2OS/c1-2-12(13-7-4-3-5-8-13)11-21-15(22)14-9-6-10-20-16(14)23-17(18)19/h3-10,12,17H,2,11H2,1H3,(H,21,22). The number of pyridine rings is 1. The summed E-state index contributed by atoms with van der Waals surface area (Å²) in [6, 6.07) is 13.0. The van der Waals surface area contributed by atoms with Gasteiger partial charge in [0.1, 0.15) is 5.03 Å². The molecule has 3 nitrogen and oxygen atoms in total. The fraction of sp³-hybridized carbons (Fsp3) is 0.294. The van der Waals surface area contributed by atoms with Crippen molar-refractivity contribution in [3.8, 4) is 0 Å². The molecule has 1 atom stereocenters. The lowest BCUT2D eigenvalue weighted by Crippen LogP contribution is -2.29. The predicted molar refractivity (Wildman–Crippen MR) is 87.9 cm³/mol. The number of carbonyl (C=O) groups excluding carboxylic acids is 1. The summed E-state index contributed by atoms with van der Waals surface area (Å²) in [7, 11) is 0. The van der Waals surface area contributed by atoms with E-state index < -0.39 is 5.76 Å². The van der Waals surface area contributed by atoms with Crippen molar-refractivity contribution in [3.63, 3.8) is 0 Å². The number of alkyl halides is 2. The number of hydrogen-bond acceptors (Lipinski definition) is 3. The molecule has 23 heavy (non-hydrogen) atoms. The van der Waals surface area contributed by atoms with Gasteiger partial charge in [0, 0.05) is 18.7 Å². The van der Waals surface area contributed by atoms with Crippen LogP contribution in [0.4, 0.5) is 8.78 Å². The van der Waals surface area contributed by atoms with Crippen molar-refractivity contribution < 1.29 is 13.6 Å². The molecule has 1 heterocycles. The quantitative estimate of drug-likeness (QED) is 0.766. The van der Waals surface area contributed by atoms with Gasteiger partial charge in [-0.2, -0.15) is 8.78 Å². The smallest absolute Gasteiger partial charge is 0.290 e. The minimum atomic E-state index is -2.61. The summed E-state index contributed by atoms with van der Waals surface area (Å²) in [5.41, 5.74) is 1.32. The number of benzene rings is 1. The molecule has 0 spiro atoms. The maximum atomic E-state index is 12.5. The van der Waals surface area contributed by atoms with Crippen molar-refractivity contribution in [2.45, 2.75) is 30.0 Å². The highest BCUT2D eigenvalue weighted by molar-refractivity contribution is 7.99. The van der Waals surface area contributed by atoms with Gasteiger partial charge >= 0.3 is 0 Å². The molecule has 0 bridgehead atoms. The van der Waals surface area contributed by atoms with Crippen LogP contribution in [0.5, 0.6) is 0 Å². The minimum Gasteiger partial charge on any atom is -0.351 e. The van der Waals surface area contributed by atoms with Crippen molar-refractivity contribution in [1.29, 1.82) is 0 Å². The summed E-state index contributed by atoms with van der Waals surface area (Å²) in [6.07, 6.45) is 2.27. The maximum absolute atomic E-state index is 12.5. The third kappa shape index (κ3) is 5.03. The lowest BCUT2D eigenvalue weighted by Gasteiger charge is -2.16. The van der Waals surface area contributed by atoms with Crippen LogP contribution in [0.3, 0.4) is 0 Å². The Hall–Kier alpha value is -1.95. The second-order valence-electron chi connectivity index (χ2n) is 4.96. The summed E-state index contributed by atoms with van der Waals surface area (Å²) in [4.78, 5) is 16.2. The number of rotatable bonds is 7. The van der Waals surface area contributed by atoms with Crippen molar-refractivity contribution in [3.05, 3.63) is 59.8 Å². The first-order chi connectivity index (χ1) is 11.1. The maximum Gasteiger partial charge on any atom is 0.290 e. The Kier molecular flexibility index (Phi) is 6.52. The molecular formula is C17H18F2N2OS. The number of amides is 1. The second-order valence-corrected chi connectivity index (χ2v) is 5.94. The number of carbonyl (C=O) groups is 1. The predicted octanol–water partition coefficient (Wildman–Crippen LogP) is 4.32. The van der Waals surface area contributed by atoms with Gasteiger partial charge in [-0.3, -0.25) is 4.79 Å². The Labute approximate surface area is 138 Å². The zero-order valence-electron chi connectivity index (χ0n) is 12.7. The van der Waals surface area contributed by atoms with Gasteiger partial charge in [-0.25, -0.2) is 4.98 Å². The number of halogens is 2. The van der Waals surface area contributed by atoms with Crippen LogP contribution in [0.25, 0.3) is 0 Å². The summed E-state index contributed by atoms with van der Waals surface area (Å²) < 4.78 is 25.1. The van der Waals surface area contributed by atoms with E-state index in [0.29, 0.717) is 6.54 Å². The van der Waals surface area contributed by atoms with Gasteiger partial charge in [-0.05, 0) is 35.9 Å². The fourth-order valence-electron chi connectivity index (χ4n) is 2.28. The van der Waals surface area contributed by atoms with Gasteiger partial charge in [0.15, 0.2) is 0 Å². The van der Waals surface area contributed by atoms with E-state index in [1.807, 2.05) is 37.3 Å². The first-order valence-electron chi connectivity index (χ1n) is 7.34. The Morgan fingerprint density at radius 2 is 1.96 bits per heavy atom. The zero-order valence-corrected chi connectivity index (χ0v) is 13.5. The van der Waals surface area contributed by atoms with Crippen molar-refractivity contribution in [2.75, 3.05) is 6.54 Å². The number of nitrogens with zero attached hydrogens (tertiary/aromatic N) is 1. The Bertz CT molecular complexity index is 638. The van der Waals surface area contributed by atoms with Gasteiger partial charge in [0.2, 0.25) is 0 Å². The van der Waals surface area contributed by atoms with Crippen LogP contribution in [0.2, 0.25) is 0 Å². The normalized spacial score (nSPS) is 12.2. The molecule has 2 rings (SSSR count). The second kappa shape index (κ2) is 8.62. The molecule has 0 aliphatic heterocycles. The molecule has 0 saturated heterocycles. The minimum absolute atomic E-state index is 0.0489. The average molecular weight is 336 g/mol. The van der Waals surface area contributed by atoms with Crippen LogP contribution in [0, 0.1) is 0 Å². The first kappa shape index (κ1) is 17.4. The molecule has 1 N–H and O–H groups in total. The molecule has 1 aromatic carbocycles. The van der Waals surface area contributed by atoms with Crippen LogP contribution in [0.15, 0.2) is 53.7 Å². The Morgan fingerprint density at radius 1 is 1.22 bits per heavy atom. The van der Waals surface area contributed by atoms with Gasteiger partial charge < -0.3 is 5.32 Å². The fourth-order valence-corrected chi connectivity index (χ4v) is 2.85. The average Bonchev–Trinajstić information content (AvgIpc) is 2.56. The summed E-state index contributed by atoms with van der Waals surface area (Å²) >= 11 is 0.284. The van der Waals surface area contributed by atoms with Gasteiger partial charge in [0.25, 0.3) is 11.7 Å². The SMILES string of the molecule is CCC(CNC(=O)c1cccnc1SC(F)F)c1ccccc1.